The quantitative estimate of drug-likeness (QED) is 0.643. The van der Waals surface area contributed by atoms with E-state index in [1.807, 2.05) is 0 Å². The second-order valence-corrected chi connectivity index (χ2v) is 5.14. The predicted octanol–water partition coefficient (Wildman–Crippen LogP) is -0.136. The number of hydrogen-bond donors (Lipinski definition) is 3. The summed E-state index contributed by atoms with van der Waals surface area (Å²) in [5, 5.41) is 21.2. The van der Waals surface area contributed by atoms with Gasteiger partial charge in [0.05, 0.1) is 17.8 Å². The maximum atomic E-state index is 11.9. The SMILES string of the molecule is CN(CC(=O)N[C@H](CC(=O)O)C(=O)O)C(=O)c1cccs1. The van der Waals surface area contributed by atoms with E-state index in [1.165, 1.54) is 18.4 Å². The highest BCUT2D eigenvalue weighted by atomic mass is 32.1. The minimum absolute atomic E-state index is 0.361. The van der Waals surface area contributed by atoms with Crippen LogP contribution in [-0.4, -0.2) is 58.5 Å². The molecule has 1 heterocycles. The summed E-state index contributed by atoms with van der Waals surface area (Å²) >= 11 is 1.22. The Morgan fingerprint density at radius 1 is 1.33 bits per heavy atom. The van der Waals surface area contributed by atoms with Gasteiger partial charge in [-0.2, -0.15) is 0 Å². The molecule has 1 atom stereocenters. The Balaban J connectivity index is 2.57. The van der Waals surface area contributed by atoms with Crippen LogP contribution in [0.25, 0.3) is 0 Å². The molecule has 1 aromatic heterocycles. The van der Waals surface area contributed by atoms with Crippen LogP contribution in [0.3, 0.4) is 0 Å². The van der Waals surface area contributed by atoms with Gasteiger partial charge in [0.1, 0.15) is 6.04 Å². The van der Waals surface area contributed by atoms with Crippen molar-refractivity contribution < 1.29 is 29.4 Å². The summed E-state index contributed by atoms with van der Waals surface area (Å²) in [5.74, 6) is -3.90. The fraction of sp³-hybridized carbons (Fsp3) is 0.333. The first kappa shape index (κ1) is 16.6. The van der Waals surface area contributed by atoms with E-state index < -0.39 is 30.3 Å². The van der Waals surface area contributed by atoms with Crippen molar-refractivity contribution in [3.05, 3.63) is 22.4 Å². The summed E-state index contributed by atoms with van der Waals surface area (Å²) in [6, 6.07) is 1.77. The van der Waals surface area contributed by atoms with Crippen LogP contribution in [0.5, 0.6) is 0 Å². The lowest BCUT2D eigenvalue weighted by Gasteiger charge is -2.18. The molecule has 9 heteroatoms. The largest absolute Gasteiger partial charge is 0.481 e. The Kier molecular flexibility index (Phi) is 5.85. The molecule has 1 aromatic rings. The molecule has 3 N–H and O–H groups in total. The number of nitrogens with zero attached hydrogens (tertiary/aromatic N) is 1. The van der Waals surface area contributed by atoms with Gasteiger partial charge in [0, 0.05) is 7.05 Å². The maximum absolute atomic E-state index is 11.9. The predicted molar refractivity (Wildman–Crippen MR) is 73.1 cm³/mol. The summed E-state index contributed by atoms with van der Waals surface area (Å²) in [6.45, 7) is -0.361. The van der Waals surface area contributed by atoms with E-state index in [0.717, 1.165) is 4.90 Å². The van der Waals surface area contributed by atoms with Crippen LogP contribution >= 0.6 is 11.3 Å². The van der Waals surface area contributed by atoms with Gasteiger partial charge in [-0.25, -0.2) is 4.79 Å². The maximum Gasteiger partial charge on any atom is 0.326 e. The Morgan fingerprint density at radius 3 is 2.48 bits per heavy atom. The molecule has 0 aliphatic carbocycles. The zero-order valence-corrected chi connectivity index (χ0v) is 11.9. The first-order chi connectivity index (χ1) is 9.81. The fourth-order valence-corrected chi connectivity index (χ4v) is 2.21. The number of nitrogens with one attached hydrogen (secondary N) is 1. The number of amides is 2. The van der Waals surface area contributed by atoms with Crippen LogP contribution in [0.1, 0.15) is 16.1 Å². The van der Waals surface area contributed by atoms with Crippen molar-refractivity contribution >= 4 is 35.1 Å². The molecule has 8 nitrogen and oxygen atoms in total. The van der Waals surface area contributed by atoms with E-state index in [2.05, 4.69) is 5.32 Å². The highest BCUT2D eigenvalue weighted by Crippen LogP contribution is 2.10. The number of aliphatic carboxylic acids is 2. The molecule has 1 rings (SSSR count). The molecule has 0 saturated heterocycles. The molecule has 21 heavy (non-hydrogen) atoms. The van der Waals surface area contributed by atoms with Gasteiger partial charge < -0.3 is 20.4 Å². The van der Waals surface area contributed by atoms with Gasteiger partial charge in [-0.15, -0.1) is 11.3 Å². The topological polar surface area (TPSA) is 124 Å². The molecule has 0 aromatic carbocycles. The molecule has 0 unspecified atom stereocenters. The Hall–Kier alpha value is -2.42. The highest BCUT2D eigenvalue weighted by molar-refractivity contribution is 7.12. The summed E-state index contributed by atoms with van der Waals surface area (Å²) in [6.07, 6.45) is -0.732. The second-order valence-electron chi connectivity index (χ2n) is 4.19. The number of carboxylic acid groups (broad SMARTS) is 2. The first-order valence-electron chi connectivity index (χ1n) is 5.84. The molecule has 114 valence electrons. The van der Waals surface area contributed by atoms with E-state index in [-0.39, 0.29) is 12.5 Å². The van der Waals surface area contributed by atoms with Gasteiger partial charge in [-0.1, -0.05) is 6.07 Å². The molecule has 0 spiro atoms. The Morgan fingerprint density at radius 2 is 2.00 bits per heavy atom. The number of thiophene rings is 1. The number of carboxylic acids is 2. The molecule has 2 amide bonds. The van der Waals surface area contributed by atoms with Crippen molar-refractivity contribution in [3.8, 4) is 0 Å². The lowest BCUT2D eigenvalue weighted by molar-refractivity contribution is -0.147. The smallest absolute Gasteiger partial charge is 0.326 e. The van der Waals surface area contributed by atoms with Gasteiger partial charge in [-0.3, -0.25) is 14.4 Å². The third-order valence-electron chi connectivity index (χ3n) is 2.47. The summed E-state index contributed by atoms with van der Waals surface area (Å²) in [5.41, 5.74) is 0. The molecule has 0 aliphatic heterocycles. The lowest BCUT2D eigenvalue weighted by atomic mass is 10.2. The number of likely N-dealkylation sites (N-methyl/N-ethyl adjacent to an activating group) is 1. The molecular formula is C12H14N2O6S. The van der Waals surface area contributed by atoms with Crippen molar-refractivity contribution in [1.29, 1.82) is 0 Å². The van der Waals surface area contributed by atoms with Gasteiger partial charge >= 0.3 is 11.9 Å². The number of rotatable bonds is 7. The molecule has 0 saturated carbocycles. The van der Waals surface area contributed by atoms with E-state index in [0.29, 0.717) is 4.88 Å². The minimum atomic E-state index is -1.53. The molecular weight excluding hydrogens is 300 g/mol. The second kappa shape index (κ2) is 7.39. The van der Waals surface area contributed by atoms with Crippen LogP contribution in [0.4, 0.5) is 0 Å². The van der Waals surface area contributed by atoms with Crippen molar-refractivity contribution in [2.75, 3.05) is 13.6 Å². The Labute approximate surface area is 124 Å². The summed E-state index contributed by atoms with van der Waals surface area (Å²) in [4.78, 5) is 46.4. The molecule has 0 fully saturated rings. The standard InChI is InChI=1S/C12H14N2O6S/c1-14(11(18)8-3-2-4-21-8)6-9(15)13-7(12(19)20)5-10(16)17/h2-4,7H,5-6H2,1H3,(H,13,15)(H,16,17)(H,19,20)/t7-/m1/s1. The zero-order valence-electron chi connectivity index (χ0n) is 11.1. The normalized spacial score (nSPS) is 11.5. The lowest BCUT2D eigenvalue weighted by Crippen LogP contribution is -2.46. The van der Waals surface area contributed by atoms with Crippen LogP contribution in [0.2, 0.25) is 0 Å². The third-order valence-corrected chi connectivity index (χ3v) is 3.33. The highest BCUT2D eigenvalue weighted by Gasteiger charge is 2.24. The van der Waals surface area contributed by atoms with Gasteiger partial charge in [0.2, 0.25) is 5.91 Å². The van der Waals surface area contributed by atoms with Crippen LogP contribution < -0.4 is 5.32 Å². The van der Waals surface area contributed by atoms with Crippen LogP contribution in [-0.2, 0) is 14.4 Å². The molecule has 0 bridgehead atoms. The van der Waals surface area contributed by atoms with E-state index in [9.17, 15) is 19.2 Å². The third kappa shape index (κ3) is 5.22. The van der Waals surface area contributed by atoms with Crippen molar-refractivity contribution in [2.45, 2.75) is 12.5 Å². The summed E-state index contributed by atoms with van der Waals surface area (Å²) in [7, 11) is 1.40. The average Bonchev–Trinajstić information content (AvgIpc) is 2.89. The Bertz CT molecular complexity index is 542. The van der Waals surface area contributed by atoms with Gasteiger partial charge in [0.25, 0.3) is 5.91 Å². The first-order valence-corrected chi connectivity index (χ1v) is 6.72. The number of carbonyl (C=O) groups excluding carboxylic acids is 2. The fourth-order valence-electron chi connectivity index (χ4n) is 1.49. The average molecular weight is 314 g/mol. The van der Waals surface area contributed by atoms with Crippen molar-refractivity contribution in [2.24, 2.45) is 0 Å². The molecule has 0 radical (unpaired) electrons. The van der Waals surface area contributed by atoms with Gasteiger partial charge in [0.15, 0.2) is 0 Å². The van der Waals surface area contributed by atoms with Crippen molar-refractivity contribution in [3.63, 3.8) is 0 Å². The monoisotopic (exact) mass is 314 g/mol. The molecule has 0 aliphatic rings. The minimum Gasteiger partial charge on any atom is -0.481 e. The van der Waals surface area contributed by atoms with Crippen LogP contribution in [0.15, 0.2) is 17.5 Å². The van der Waals surface area contributed by atoms with E-state index in [4.69, 9.17) is 10.2 Å². The van der Waals surface area contributed by atoms with Gasteiger partial charge in [-0.05, 0) is 11.4 Å². The zero-order chi connectivity index (χ0) is 16.0. The van der Waals surface area contributed by atoms with E-state index >= 15 is 0 Å². The number of hydrogen-bond acceptors (Lipinski definition) is 5. The van der Waals surface area contributed by atoms with Crippen LogP contribution in [0, 0.1) is 0 Å². The number of carbonyl (C=O) groups is 4. The van der Waals surface area contributed by atoms with E-state index in [1.54, 1.807) is 17.5 Å². The summed E-state index contributed by atoms with van der Waals surface area (Å²) < 4.78 is 0. The van der Waals surface area contributed by atoms with Crippen molar-refractivity contribution in [1.82, 2.24) is 10.2 Å².